The summed E-state index contributed by atoms with van der Waals surface area (Å²) in [6.07, 6.45) is 4.00. The van der Waals surface area contributed by atoms with Crippen molar-refractivity contribution in [1.29, 1.82) is 0 Å². The van der Waals surface area contributed by atoms with E-state index in [1.165, 1.54) is 22.3 Å². The second-order valence-electron chi connectivity index (χ2n) is 13.7. The van der Waals surface area contributed by atoms with E-state index in [0.717, 1.165) is 45.3 Å². The van der Waals surface area contributed by atoms with Gasteiger partial charge in [-0.3, -0.25) is 9.98 Å². The molecule has 5 aromatic carbocycles. The van der Waals surface area contributed by atoms with Gasteiger partial charge in [0.1, 0.15) is 0 Å². The van der Waals surface area contributed by atoms with Crippen molar-refractivity contribution in [2.45, 2.75) is 79.1 Å². The highest BCUT2D eigenvalue weighted by molar-refractivity contribution is 5.94. The molecule has 0 saturated heterocycles. The Balaban J connectivity index is 1.45. The molecule has 5 rings (SSSR count). The molecule has 0 amide bonds. The molecule has 0 aromatic heterocycles. The number of nitrogens with one attached hydrogen (secondary N) is 2. The second-order valence-corrected chi connectivity index (χ2v) is 13.7. The Morgan fingerprint density at radius 2 is 0.667 bits per heavy atom. The molecule has 0 saturated carbocycles. The van der Waals surface area contributed by atoms with Crippen molar-refractivity contribution < 1.29 is 0 Å². The van der Waals surface area contributed by atoms with Crippen LogP contribution >= 0.6 is 0 Å². The van der Waals surface area contributed by atoms with Crippen molar-refractivity contribution in [1.82, 2.24) is 0 Å². The lowest BCUT2D eigenvalue weighted by atomic mass is 9.93. The van der Waals surface area contributed by atoms with Crippen LogP contribution in [0.2, 0.25) is 0 Å². The number of hydrogen-bond donors (Lipinski definition) is 2. The lowest BCUT2D eigenvalue weighted by Crippen LogP contribution is -2.01. The second kappa shape index (κ2) is 15.8. The highest BCUT2D eigenvalue weighted by Gasteiger charge is 2.15. The SMILES string of the molecule is CC(C)c1cccc(C(C)C)c1N=Cc1ccccc1Nc1ccccc1Nc1ccccc1C=Nc1c(C(C)C)cccc1C(C)C. The maximum atomic E-state index is 5.11. The Bertz CT molecular complexity index is 1700. The zero-order valence-corrected chi connectivity index (χ0v) is 29.8. The van der Waals surface area contributed by atoms with E-state index in [0.29, 0.717) is 23.7 Å². The first-order valence-electron chi connectivity index (χ1n) is 17.3. The van der Waals surface area contributed by atoms with E-state index in [4.69, 9.17) is 9.98 Å². The molecule has 0 aliphatic heterocycles. The van der Waals surface area contributed by atoms with Crippen LogP contribution in [0.25, 0.3) is 0 Å². The van der Waals surface area contributed by atoms with E-state index < -0.39 is 0 Å². The van der Waals surface area contributed by atoms with Crippen molar-refractivity contribution >= 4 is 46.6 Å². The van der Waals surface area contributed by atoms with Gasteiger partial charge in [0, 0.05) is 34.9 Å². The van der Waals surface area contributed by atoms with Gasteiger partial charge in [-0.05, 0) is 70.2 Å². The number of anilines is 4. The Morgan fingerprint density at radius 1 is 0.375 bits per heavy atom. The fourth-order valence-electron chi connectivity index (χ4n) is 6.03. The van der Waals surface area contributed by atoms with Gasteiger partial charge < -0.3 is 10.6 Å². The fraction of sp³-hybridized carbons (Fsp3) is 0.273. The molecule has 0 unspecified atom stereocenters. The van der Waals surface area contributed by atoms with Crippen LogP contribution < -0.4 is 10.6 Å². The molecule has 0 heterocycles. The van der Waals surface area contributed by atoms with Gasteiger partial charge in [0.25, 0.3) is 0 Å². The van der Waals surface area contributed by atoms with E-state index in [-0.39, 0.29) is 0 Å². The molecule has 5 aromatic rings. The van der Waals surface area contributed by atoms with E-state index in [2.05, 4.69) is 175 Å². The van der Waals surface area contributed by atoms with Crippen LogP contribution in [0.4, 0.5) is 34.1 Å². The summed E-state index contributed by atoms with van der Waals surface area (Å²) >= 11 is 0. The molecule has 48 heavy (non-hydrogen) atoms. The molecule has 0 fully saturated rings. The smallest absolute Gasteiger partial charge is 0.0699 e. The third-order valence-electron chi connectivity index (χ3n) is 8.74. The molecule has 4 nitrogen and oxygen atoms in total. The van der Waals surface area contributed by atoms with Gasteiger partial charge in [-0.25, -0.2) is 0 Å². The minimum atomic E-state index is 0.386. The predicted octanol–water partition coefficient (Wildman–Crippen LogP) is 13.2. The number of para-hydroxylation sites is 6. The zero-order chi connectivity index (χ0) is 34.2. The maximum absolute atomic E-state index is 5.11. The Hall–Kier alpha value is -4.96. The average molecular weight is 635 g/mol. The topological polar surface area (TPSA) is 48.8 Å². The van der Waals surface area contributed by atoms with Crippen molar-refractivity contribution in [3.05, 3.63) is 143 Å². The molecule has 0 atom stereocenters. The third-order valence-corrected chi connectivity index (χ3v) is 8.74. The molecule has 2 N–H and O–H groups in total. The third kappa shape index (κ3) is 8.12. The monoisotopic (exact) mass is 634 g/mol. The van der Waals surface area contributed by atoms with Crippen molar-refractivity contribution in [3.63, 3.8) is 0 Å². The van der Waals surface area contributed by atoms with Crippen LogP contribution in [-0.4, -0.2) is 12.4 Å². The van der Waals surface area contributed by atoms with Crippen LogP contribution in [0.1, 0.15) is 112 Å². The zero-order valence-electron chi connectivity index (χ0n) is 29.8. The highest BCUT2D eigenvalue weighted by Crippen LogP contribution is 2.37. The molecule has 4 heteroatoms. The van der Waals surface area contributed by atoms with E-state index in [1.807, 2.05) is 12.4 Å². The molecular weight excluding hydrogens is 585 g/mol. The minimum absolute atomic E-state index is 0.386. The lowest BCUT2D eigenvalue weighted by Gasteiger charge is -2.18. The van der Waals surface area contributed by atoms with Gasteiger partial charge >= 0.3 is 0 Å². The molecule has 246 valence electrons. The number of nitrogens with zero attached hydrogens (tertiary/aromatic N) is 2. The Labute approximate surface area is 288 Å². The number of aliphatic imine (C=N–C) groups is 2. The van der Waals surface area contributed by atoms with Gasteiger partial charge in [-0.1, -0.05) is 140 Å². The largest absolute Gasteiger partial charge is 0.353 e. The van der Waals surface area contributed by atoms with Crippen LogP contribution in [0.15, 0.2) is 119 Å². The molecular formula is C44H50N4. The first kappa shape index (κ1) is 34.4. The van der Waals surface area contributed by atoms with Gasteiger partial charge in [-0.2, -0.15) is 0 Å². The summed E-state index contributed by atoms with van der Waals surface area (Å²) in [6.45, 7) is 17.9. The summed E-state index contributed by atoms with van der Waals surface area (Å²) in [5.74, 6) is 1.55. The Morgan fingerprint density at radius 3 is 0.979 bits per heavy atom. The summed E-state index contributed by atoms with van der Waals surface area (Å²) in [5.41, 5.74) is 13.2. The Kier molecular flexibility index (Phi) is 11.3. The van der Waals surface area contributed by atoms with Gasteiger partial charge in [-0.15, -0.1) is 0 Å². The quantitative estimate of drug-likeness (QED) is 0.134. The number of rotatable bonds is 12. The summed E-state index contributed by atoms with van der Waals surface area (Å²) in [6, 6.07) is 38.1. The first-order valence-corrected chi connectivity index (χ1v) is 17.3. The summed E-state index contributed by atoms with van der Waals surface area (Å²) in [7, 11) is 0. The minimum Gasteiger partial charge on any atom is -0.353 e. The van der Waals surface area contributed by atoms with Crippen LogP contribution in [0.3, 0.4) is 0 Å². The van der Waals surface area contributed by atoms with Crippen molar-refractivity contribution in [2.24, 2.45) is 9.98 Å². The summed E-state index contributed by atoms with van der Waals surface area (Å²) in [4.78, 5) is 10.2. The highest BCUT2D eigenvalue weighted by atomic mass is 15.0. The standard InChI is InChI=1S/C44H50N4/c1-29(2)35-19-15-20-36(30(3)4)43(35)45-27-33-17-9-11-23-39(33)47-41-25-13-14-26-42(41)48-40-24-12-10-18-34(40)28-46-44-37(31(5)6)21-16-22-38(44)32(7)8/h9-32,47-48H,1-8H3. The lowest BCUT2D eigenvalue weighted by molar-refractivity contribution is 0.835. The fourth-order valence-corrected chi connectivity index (χ4v) is 6.03. The molecule has 0 aliphatic carbocycles. The molecule has 0 radical (unpaired) electrons. The van der Waals surface area contributed by atoms with Crippen LogP contribution in [0, 0.1) is 0 Å². The van der Waals surface area contributed by atoms with Gasteiger partial charge in [0.05, 0.1) is 22.7 Å². The van der Waals surface area contributed by atoms with Gasteiger partial charge in [0.2, 0.25) is 0 Å². The van der Waals surface area contributed by atoms with Crippen LogP contribution in [-0.2, 0) is 0 Å². The summed E-state index contributed by atoms with van der Waals surface area (Å²) < 4.78 is 0. The summed E-state index contributed by atoms with van der Waals surface area (Å²) in [5, 5.41) is 7.40. The predicted molar refractivity (Wildman–Crippen MR) is 210 cm³/mol. The maximum Gasteiger partial charge on any atom is 0.0699 e. The first-order chi connectivity index (χ1) is 23.1. The van der Waals surface area contributed by atoms with Crippen molar-refractivity contribution in [3.8, 4) is 0 Å². The van der Waals surface area contributed by atoms with Crippen molar-refractivity contribution in [2.75, 3.05) is 10.6 Å². The normalized spacial score (nSPS) is 11.9. The molecule has 0 bridgehead atoms. The van der Waals surface area contributed by atoms with E-state index in [1.54, 1.807) is 0 Å². The molecule has 0 aliphatic rings. The van der Waals surface area contributed by atoms with Crippen LogP contribution in [0.5, 0.6) is 0 Å². The van der Waals surface area contributed by atoms with Gasteiger partial charge in [0.15, 0.2) is 0 Å². The number of benzene rings is 5. The molecule has 0 spiro atoms. The van der Waals surface area contributed by atoms with E-state index >= 15 is 0 Å². The van der Waals surface area contributed by atoms with E-state index in [9.17, 15) is 0 Å². The average Bonchev–Trinajstić information content (AvgIpc) is 3.07. The number of hydrogen-bond acceptors (Lipinski definition) is 4.